The highest BCUT2D eigenvalue weighted by Gasteiger charge is 2.36. The first-order valence-corrected chi connectivity index (χ1v) is 12.7. The molecule has 2 amide bonds. The molecule has 3 aromatic carbocycles. The smallest absolute Gasteiger partial charge is 0.266 e. The molecule has 2 aliphatic rings. The lowest BCUT2D eigenvalue weighted by Gasteiger charge is -2.32. The van der Waals surface area contributed by atoms with E-state index in [4.69, 9.17) is 21.7 Å². The number of amides is 2. The first-order chi connectivity index (χ1) is 17.0. The van der Waals surface area contributed by atoms with Gasteiger partial charge >= 0.3 is 0 Å². The molecule has 3 aromatic rings. The van der Waals surface area contributed by atoms with Crippen molar-refractivity contribution in [2.75, 3.05) is 25.7 Å². The van der Waals surface area contributed by atoms with Crippen LogP contribution in [0.3, 0.4) is 0 Å². The highest BCUT2D eigenvalue weighted by molar-refractivity contribution is 8.26. The summed E-state index contributed by atoms with van der Waals surface area (Å²) in [6, 6.07) is 20.9. The number of para-hydroxylation sites is 2. The minimum Gasteiger partial charge on any atom is -0.493 e. The lowest BCUT2D eigenvalue weighted by Crippen LogP contribution is -2.41. The Labute approximate surface area is 216 Å². The number of nitrogens with zero attached hydrogens (tertiary/aromatic N) is 2. The van der Waals surface area contributed by atoms with E-state index in [-0.39, 0.29) is 18.4 Å². The summed E-state index contributed by atoms with van der Waals surface area (Å²) in [5.74, 6) is 0.639. The minimum atomic E-state index is -0.295. The molecule has 2 aliphatic heterocycles. The number of benzene rings is 3. The van der Waals surface area contributed by atoms with Crippen molar-refractivity contribution in [3.05, 3.63) is 77.2 Å². The maximum atomic E-state index is 13.6. The second kappa shape index (κ2) is 9.77. The van der Waals surface area contributed by atoms with Crippen LogP contribution in [0.4, 0.5) is 11.4 Å². The van der Waals surface area contributed by atoms with Crippen LogP contribution in [0, 0.1) is 0 Å². The fraction of sp³-hybridized carbons (Fsp3) is 0.115. The molecule has 0 saturated carbocycles. The maximum absolute atomic E-state index is 13.6. The van der Waals surface area contributed by atoms with E-state index in [0.29, 0.717) is 20.7 Å². The Morgan fingerprint density at radius 2 is 1.54 bits per heavy atom. The summed E-state index contributed by atoms with van der Waals surface area (Å²) < 4.78 is 11.0. The van der Waals surface area contributed by atoms with Gasteiger partial charge in [0.25, 0.3) is 11.8 Å². The molecule has 0 atom stereocenters. The summed E-state index contributed by atoms with van der Waals surface area (Å²) in [6.45, 7) is -0.152. The average molecular weight is 521 g/mol. The number of methoxy groups -OCH3 is 2. The van der Waals surface area contributed by atoms with E-state index in [0.717, 1.165) is 26.7 Å². The zero-order chi connectivity index (χ0) is 24.5. The Balaban J connectivity index is 1.41. The molecule has 0 radical (unpaired) electrons. The molecule has 0 unspecified atom stereocenters. The monoisotopic (exact) mass is 520 g/mol. The number of thiocarbonyl (C=S) groups is 1. The second-order valence-corrected chi connectivity index (χ2v) is 10.4. The number of ether oxygens (including phenoxy) is 2. The molecule has 5 rings (SSSR count). The van der Waals surface area contributed by atoms with Crippen molar-refractivity contribution in [2.45, 2.75) is 9.79 Å². The Hall–Kier alpha value is -3.27. The van der Waals surface area contributed by atoms with Crippen LogP contribution in [0.15, 0.2) is 81.4 Å². The molecule has 35 heavy (non-hydrogen) atoms. The first-order valence-electron chi connectivity index (χ1n) is 10.7. The molecule has 1 fully saturated rings. The van der Waals surface area contributed by atoms with Crippen molar-refractivity contribution in [3.63, 3.8) is 0 Å². The van der Waals surface area contributed by atoms with E-state index in [1.807, 2.05) is 54.6 Å². The van der Waals surface area contributed by atoms with Crippen LogP contribution in [0.25, 0.3) is 6.08 Å². The van der Waals surface area contributed by atoms with Gasteiger partial charge in [-0.15, -0.1) is 0 Å². The van der Waals surface area contributed by atoms with Crippen LogP contribution in [-0.4, -0.2) is 41.8 Å². The quantitative estimate of drug-likeness (QED) is 0.314. The second-order valence-electron chi connectivity index (χ2n) is 7.65. The molecule has 176 valence electrons. The van der Waals surface area contributed by atoms with Gasteiger partial charge in [-0.25, -0.2) is 0 Å². The van der Waals surface area contributed by atoms with Crippen LogP contribution < -0.4 is 14.4 Å². The Morgan fingerprint density at radius 1 is 0.914 bits per heavy atom. The van der Waals surface area contributed by atoms with Crippen molar-refractivity contribution < 1.29 is 19.1 Å². The van der Waals surface area contributed by atoms with Crippen molar-refractivity contribution >= 4 is 69.3 Å². The molecule has 0 N–H and O–H groups in total. The number of anilines is 2. The highest BCUT2D eigenvalue weighted by atomic mass is 32.2. The standard InChI is InChI=1S/C26H20N2O4S3/c1-31-19-12-11-16(13-20(19)32-2)14-23-25(30)27(26(33)35-23)15-24(29)28-17-7-3-5-9-21(17)34-22-10-6-4-8-18(22)28/h3-14H,15H2,1-2H3/b23-14-. The van der Waals surface area contributed by atoms with Crippen LogP contribution in [0.5, 0.6) is 11.5 Å². The van der Waals surface area contributed by atoms with Crippen LogP contribution in [0.1, 0.15) is 5.56 Å². The molecule has 6 nitrogen and oxygen atoms in total. The van der Waals surface area contributed by atoms with Gasteiger partial charge in [-0.2, -0.15) is 0 Å². The molecule has 9 heteroatoms. The summed E-state index contributed by atoms with van der Waals surface area (Å²) in [7, 11) is 3.12. The van der Waals surface area contributed by atoms with Crippen molar-refractivity contribution in [2.24, 2.45) is 0 Å². The molecule has 0 bridgehead atoms. The highest BCUT2D eigenvalue weighted by Crippen LogP contribution is 2.48. The summed E-state index contributed by atoms with van der Waals surface area (Å²) >= 11 is 8.29. The van der Waals surface area contributed by atoms with E-state index in [2.05, 4.69) is 0 Å². The third-order valence-electron chi connectivity index (χ3n) is 5.55. The topological polar surface area (TPSA) is 59.1 Å². The lowest BCUT2D eigenvalue weighted by molar-refractivity contribution is -0.127. The third kappa shape index (κ3) is 4.42. The van der Waals surface area contributed by atoms with Crippen molar-refractivity contribution in [1.29, 1.82) is 0 Å². The SMILES string of the molecule is COc1ccc(/C=C2\SC(=S)N(CC(=O)N3c4ccccc4Sc4ccccc43)C2=O)cc1OC. The van der Waals surface area contributed by atoms with Gasteiger partial charge in [0.15, 0.2) is 11.5 Å². The molecular formula is C26H20N2O4S3. The average Bonchev–Trinajstić information content (AvgIpc) is 3.14. The van der Waals surface area contributed by atoms with Crippen LogP contribution in [0.2, 0.25) is 0 Å². The van der Waals surface area contributed by atoms with Gasteiger partial charge in [0.2, 0.25) is 0 Å². The summed E-state index contributed by atoms with van der Waals surface area (Å²) in [5, 5.41) is 0. The number of carbonyl (C=O) groups is 2. The predicted octanol–water partition coefficient (Wildman–Crippen LogP) is 5.73. The molecule has 0 aliphatic carbocycles. The normalized spacial score (nSPS) is 15.8. The predicted molar refractivity (Wildman–Crippen MR) is 144 cm³/mol. The third-order valence-corrected chi connectivity index (χ3v) is 8.06. The zero-order valence-corrected chi connectivity index (χ0v) is 21.3. The number of thioether (sulfide) groups is 1. The number of rotatable bonds is 5. The van der Waals surface area contributed by atoms with Crippen LogP contribution in [-0.2, 0) is 9.59 Å². The Bertz CT molecular complexity index is 1340. The molecular weight excluding hydrogens is 500 g/mol. The van der Waals surface area contributed by atoms with Gasteiger partial charge < -0.3 is 9.47 Å². The van der Waals surface area contributed by atoms with E-state index >= 15 is 0 Å². The number of fused-ring (bicyclic) bond motifs is 2. The summed E-state index contributed by atoms with van der Waals surface area (Å²) in [6.07, 6.45) is 1.74. The van der Waals surface area contributed by atoms with E-state index in [9.17, 15) is 9.59 Å². The van der Waals surface area contributed by atoms with Crippen molar-refractivity contribution in [1.82, 2.24) is 4.90 Å². The van der Waals surface area contributed by atoms with Crippen LogP contribution >= 0.6 is 35.7 Å². The van der Waals surface area contributed by atoms with Gasteiger partial charge in [-0.3, -0.25) is 19.4 Å². The van der Waals surface area contributed by atoms with Gasteiger partial charge in [-0.1, -0.05) is 66.1 Å². The van der Waals surface area contributed by atoms with E-state index in [1.54, 1.807) is 49.1 Å². The first kappa shape index (κ1) is 23.5. The molecule has 0 aromatic heterocycles. The van der Waals surface area contributed by atoms with Gasteiger partial charge in [-0.05, 0) is 48.0 Å². The van der Waals surface area contributed by atoms with Gasteiger partial charge in [0.05, 0.1) is 30.5 Å². The summed E-state index contributed by atoms with van der Waals surface area (Å²) in [5.41, 5.74) is 2.37. The summed E-state index contributed by atoms with van der Waals surface area (Å²) in [4.78, 5) is 32.3. The molecule has 0 spiro atoms. The number of hydrogen-bond donors (Lipinski definition) is 0. The molecule has 1 saturated heterocycles. The van der Waals surface area contributed by atoms with Gasteiger partial charge in [0.1, 0.15) is 10.9 Å². The Kier molecular flexibility index (Phi) is 6.55. The zero-order valence-electron chi connectivity index (χ0n) is 18.9. The van der Waals surface area contributed by atoms with Crippen molar-refractivity contribution in [3.8, 4) is 11.5 Å². The van der Waals surface area contributed by atoms with Gasteiger partial charge in [0, 0.05) is 9.79 Å². The lowest BCUT2D eigenvalue weighted by atomic mass is 10.2. The van der Waals surface area contributed by atoms with E-state index in [1.165, 1.54) is 16.7 Å². The van der Waals surface area contributed by atoms with E-state index < -0.39 is 0 Å². The minimum absolute atomic E-state index is 0.152. The Morgan fingerprint density at radius 3 is 2.17 bits per heavy atom. The maximum Gasteiger partial charge on any atom is 0.266 e. The largest absolute Gasteiger partial charge is 0.493 e. The fourth-order valence-electron chi connectivity index (χ4n) is 3.91. The molecule has 2 heterocycles. The fourth-order valence-corrected chi connectivity index (χ4v) is 6.22. The number of hydrogen-bond acceptors (Lipinski definition) is 7. The number of carbonyl (C=O) groups excluding carboxylic acids is 2.